The Morgan fingerprint density at radius 2 is 2.25 bits per heavy atom. The number of carbonyl (C=O) groups excluding carboxylic acids is 1. The number of unbranched alkanes of at least 4 members (excludes halogenated alkanes) is 1. The van der Waals surface area contributed by atoms with Crippen LogP contribution in [0.1, 0.15) is 36.2 Å². The van der Waals surface area contributed by atoms with Crippen molar-refractivity contribution >= 4 is 11.9 Å². The lowest BCUT2D eigenvalue weighted by molar-refractivity contribution is -0.135. The molecule has 0 unspecified atom stereocenters. The number of alkyl halides is 3. The third-order valence-electron chi connectivity index (χ3n) is 3.04. The fourth-order valence-electron chi connectivity index (χ4n) is 2.03. The van der Waals surface area contributed by atoms with E-state index in [4.69, 9.17) is 0 Å². The SMILES string of the molecule is O=C(NCCCCC(F)(F)F)c1cn2c(n1)NCCC2. The van der Waals surface area contributed by atoms with E-state index >= 15 is 0 Å². The molecule has 0 bridgehead atoms. The number of carbonyl (C=O) groups is 1. The molecule has 0 saturated heterocycles. The van der Waals surface area contributed by atoms with E-state index in [-0.39, 0.29) is 18.9 Å². The zero-order valence-corrected chi connectivity index (χ0v) is 11.0. The van der Waals surface area contributed by atoms with E-state index < -0.39 is 12.6 Å². The lowest BCUT2D eigenvalue weighted by atomic mass is 10.2. The largest absolute Gasteiger partial charge is 0.389 e. The number of rotatable bonds is 5. The number of anilines is 1. The van der Waals surface area contributed by atoms with Gasteiger partial charge in [0.2, 0.25) is 5.95 Å². The summed E-state index contributed by atoms with van der Waals surface area (Å²) in [6.45, 7) is 1.87. The monoisotopic (exact) mass is 290 g/mol. The van der Waals surface area contributed by atoms with Gasteiger partial charge in [-0.25, -0.2) is 4.98 Å². The van der Waals surface area contributed by atoms with Gasteiger partial charge in [-0.15, -0.1) is 0 Å². The van der Waals surface area contributed by atoms with Crippen molar-refractivity contribution in [2.24, 2.45) is 0 Å². The number of halogens is 3. The van der Waals surface area contributed by atoms with Gasteiger partial charge in [-0.2, -0.15) is 13.2 Å². The fourth-order valence-corrected chi connectivity index (χ4v) is 2.03. The van der Waals surface area contributed by atoms with Gasteiger partial charge in [0, 0.05) is 32.3 Å². The number of nitrogens with zero attached hydrogens (tertiary/aromatic N) is 2. The first kappa shape index (κ1) is 14.7. The van der Waals surface area contributed by atoms with Crippen LogP contribution in [0.15, 0.2) is 6.20 Å². The van der Waals surface area contributed by atoms with Crippen molar-refractivity contribution in [3.05, 3.63) is 11.9 Å². The molecule has 0 aromatic carbocycles. The minimum Gasteiger partial charge on any atom is -0.356 e. The van der Waals surface area contributed by atoms with E-state index in [1.165, 1.54) is 0 Å². The number of imidazole rings is 1. The molecule has 1 aliphatic rings. The number of aryl methyl sites for hydroxylation is 1. The lowest BCUT2D eigenvalue weighted by Gasteiger charge is -2.14. The first-order valence-corrected chi connectivity index (χ1v) is 6.62. The number of amides is 1. The Bertz CT molecular complexity index is 446. The van der Waals surface area contributed by atoms with E-state index in [2.05, 4.69) is 15.6 Å². The van der Waals surface area contributed by atoms with Gasteiger partial charge in [-0.1, -0.05) is 0 Å². The zero-order chi connectivity index (χ0) is 14.6. The van der Waals surface area contributed by atoms with Crippen molar-refractivity contribution in [3.63, 3.8) is 0 Å². The molecule has 0 aliphatic carbocycles. The van der Waals surface area contributed by atoms with Crippen LogP contribution in [-0.4, -0.2) is 34.7 Å². The molecule has 1 aliphatic heterocycles. The van der Waals surface area contributed by atoms with Gasteiger partial charge in [0.25, 0.3) is 5.91 Å². The summed E-state index contributed by atoms with van der Waals surface area (Å²) in [6.07, 6.45) is -1.99. The van der Waals surface area contributed by atoms with Crippen LogP contribution in [0, 0.1) is 0 Å². The van der Waals surface area contributed by atoms with Gasteiger partial charge in [-0.05, 0) is 19.3 Å². The maximum atomic E-state index is 11.9. The zero-order valence-electron chi connectivity index (χ0n) is 11.0. The van der Waals surface area contributed by atoms with Crippen molar-refractivity contribution in [2.45, 2.75) is 38.4 Å². The van der Waals surface area contributed by atoms with E-state index in [0.717, 1.165) is 19.5 Å². The highest BCUT2D eigenvalue weighted by atomic mass is 19.4. The minimum atomic E-state index is -4.13. The number of aromatic nitrogens is 2. The van der Waals surface area contributed by atoms with E-state index in [9.17, 15) is 18.0 Å². The summed E-state index contributed by atoms with van der Waals surface area (Å²) in [5, 5.41) is 5.66. The first-order valence-electron chi connectivity index (χ1n) is 6.62. The first-order chi connectivity index (χ1) is 9.46. The van der Waals surface area contributed by atoms with Gasteiger partial charge in [0.1, 0.15) is 5.69 Å². The minimum absolute atomic E-state index is 0.0189. The molecule has 0 spiro atoms. The Balaban J connectivity index is 1.73. The summed E-state index contributed by atoms with van der Waals surface area (Å²) < 4.78 is 37.7. The normalized spacial score (nSPS) is 14.6. The number of hydrogen-bond acceptors (Lipinski definition) is 3. The van der Waals surface area contributed by atoms with Crippen LogP contribution < -0.4 is 10.6 Å². The van der Waals surface area contributed by atoms with Crippen LogP contribution >= 0.6 is 0 Å². The van der Waals surface area contributed by atoms with E-state index in [1.54, 1.807) is 6.20 Å². The van der Waals surface area contributed by atoms with Crippen LogP contribution in [0.25, 0.3) is 0 Å². The third-order valence-corrected chi connectivity index (χ3v) is 3.04. The molecule has 0 radical (unpaired) electrons. The van der Waals surface area contributed by atoms with E-state index in [1.807, 2.05) is 4.57 Å². The standard InChI is InChI=1S/C12H17F3N4O/c13-12(14,15)4-1-2-5-16-10(20)9-8-19-7-3-6-17-11(19)18-9/h8H,1-7H2,(H,16,20)(H,17,18). The topological polar surface area (TPSA) is 59.0 Å². The van der Waals surface area contributed by atoms with Crippen LogP contribution in [-0.2, 0) is 6.54 Å². The second-order valence-corrected chi connectivity index (χ2v) is 4.75. The maximum absolute atomic E-state index is 11.9. The van der Waals surface area contributed by atoms with Gasteiger partial charge in [0.05, 0.1) is 0 Å². The summed E-state index contributed by atoms with van der Waals surface area (Å²) in [7, 11) is 0. The number of hydrogen-bond donors (Lipinski definition) is 2. The lowest BCUT2D eigenvalue weighted by Crippen LogP contribution is -2.25. The fraction of sp³-hybridized carbons (Fsp3) is 0.667. The molecule has 5 nitrogen and oxygen atoms in total. The molecule has 1 aromatic heterocycles. The van der Waals surface area contributed by atoms with Crippen LogP contribution in [0.3, 0.4) is 0 Å². The van der Waals surface area contributed by atoms with Crippen molar-refractivity contribution in [1.82, 2.24) is 14.9 Å². The summed E-state index contributed by atoms with van der Waals surface area (Å²) in [5.74, 6) is 0.319. The molecule has 1 aromatic rings. The quantitative estimate of drug-likeness (QED) is 0.817. The molecule has 112 valence electrons. The van der Waals surface area contributed by atoms with Crippen molar-refractivity contribution < 1.29 is 18.0 Å². The second kappa shape index (κ2) is 6.15. The smallest absolute Gasteiger partial charge is 0.356 e. The van der Waals surface area contributed by atoms with Crippen LogP contribution in [0.4, 0.5) is 19.1 Å². The highest BCUT2D eigenvalue weighted by Gasteiger charge is 2.25. The molecule has 0 fully saturated rings. The average molecular weight is 290 g/mol. The summed E-state index contributed by atoms with van der Waals surface area (Å²) in [4.78, 5) is 15.9. The highest BCUT2D eigenvalue weighted by molar-refractivity contribution is 5.92. The van der Waals surface area contributed by atoms with Crippen LogP contribution in [0.2, 0.25) is 0 Å². The molecule has 0 saturated carbocycles. The Kier molecular flexibility index (Phi) is 4.51. The molecule has 0 atom stereocenters. The summed E-state index contributed by atoms with van der Waals surface area (Å²) in [6, 6.07) is 0. The average Bonchev–Trinajstić information content (AvgIpc) is 2.80. The van der Waals surface area contributed by atoms with Gasteiger partial charge >= 0.3 is 6.18 Å². The molecular formula is C12H17F3N4O. The second-order valence-electron chi connectivity index (χ2n) is 4.75. The molecule has 2 N–H and O–H groups in total. The summed E-state index contributed by atoms with van der Waals surface area (Å²) >= 11 is 0. The predicted octanol–water partition coefficient (Wildman–Crippen LogP) is 2.16. The molecule has 1 amide bonds. The number of nitrogens with one attached hydrogen (secondary N) is 2. The van der Waals surface area contributed by atoms with Crippen molar-refractivity contribution in [3.8, 4) is 0 Å². The Morgan fingerprint density at radius 1 is 1.45 bits per heavy atom. The Morgan fingerprint density at radius 3 is 2.95 bits per heavy atom. The van der Waals surface area contributed by atoms with Gasteiger partial charge in [-0.3, -0.25) is 4.79 Å². The van der Waals surface area contributed by atoms with Gasteiger partial charge in [0.15, 0.2) is 0 Å². The molecular weight excluding hydrogens is 273 g/mol. The Hall–Kier alpha value is -1.73. The van der Waals surface area contributed by atoms with Crippen LogP contribution in [0.5, 0.6) is 0 Å². The maximum Gasteiger partial charge on any atom is 0.389 e. The molecule has 8 heteroatoms. The van der Waals surface area contributed by atoms with E-state index in [0.29, 0.717) is 18.1 Å². The van der Waals surface area contributed by atoms with Crippen molar-refractivity contribution in [2.75, 3.05) is 18.4 Å². The van der Waals surface area contributed by atoms with Crippen molar-refractivity contribution in [1.29, 1.82) is 0 Å². The predicted molar refractivity (Wildman–Crippen MR) is 67.6 cm³/mol. The third kappa shape index (κ3) is 4.14. The molecule has 20 heavy (non-hydrogen) atoms. The Labute approximate surface area is 114 Å². The number of fused-ring (bicyclic) bond motifs is 1. The molecule has 2 heterocycles. The van der Waals surface area contributed by atoms with Gasteiger partial charge < -0.3 is 15.2 Å². The highest BCUT2D eigenvalue weighted by Crippen LogP contribution is 2.21. The summed E-state index contributed by atoms with van der Waals surface area (Å²) in [5.41, 5.74) is 0.297. The molecule has 2 rings (SSSR count).